The van der Waals surface area contributed by atoms with Crippen molar-refractivity contribution < 1.29 is 14.4 Å². The molecule has 0 spiro atoms. The first-order chi connectivity index (χ1) is 22.0. The molecule has 0 bridgehead atoms. The SMILES string of the molecule is O=C(N[C@H]1CCCc2ccccc21)c1cc(C(=O)N[C@@H]2CCCc3ccccc32)cc(C(=O)N[C@@H]2CCCc3ccccc32)c1. The van der Waals surface area contributed by atoms with Gasteiger partial charge in [0.25, 0.3) is 17.7 Å². The summed E-state index contributed by atoms with van der Waals surface area (Å²) in [6.07, 6.45) is 8.50. The van der Waals surface area contributed by atoms with Gasteiger partial charge in [-0.15, -0.1) is 0 Å². The van der Waals surface area contributed by atoms with E-state index in [0.717, 1.165) is 74.5 Å². The molecule has 3 aliphatic rings. The van der Waals surface area contributed by atoms with Gasteiger partial charge in [0.2, 0.25) is 0 Å². The van der Waals surface area contributed by atoms with Crippen molar-refractivity contribution in [3.05, 3.63) is 141 Å². The number of rotatable bonds is 6. The van der Waals surface area contributed by atoms with Crippen LogP contribution in [0.4, 0.5) is 0 Å². The zero-order valence-electron chi connectivity index (χ0n) is 25.5. The number of amides is 3. The van der Waals surface area contributed by atoms with E-state index >= 15 is 0 Å². The average molecular weight is 598 g/mol. The van der Waals surface area contributed by atoms with Crippen molar-refractivity contribution in [1.29, 1.82) is 0 Å². The minimum Gasteiger partial charge on any atom is -0.345 e. The molecule has 0 aromatic heterocycles. The highest BCUT2D eigenvalue weighted by Gasteiger charge is 2.27. The third kappa shape index (κ3) is 6.15. The molecule has 4 aromatic rings. The first kappa shape index (κ1) is 29.0. The Kier molecular flexibility index (Phi) is 8.21. The van der Waals surface area contributed by atoms with Crippen molar-refractivity contribution in [3.63, 3.8) is 0 Å². The second-order valence-corrected chi connectivity index (χ2v) is 12.7. The van der Waals surface area contributed by atoms with E-state index in [1.54, 1.807) is 18.2 Å². The van der Waals surface area contributed by atoms with Gasteiger partial charge >= 0.3 is 0 Å². The summed E-state index contributed by atoms with van der Waals surface area (Å²) in [7, 11) is 0. The number of carbonyl (C=O) groups excluding carboxylic acids is 3. The minimum absolute atomic E-state index is 0.116. The summed E-state index contributed by atoms with van der Waals surface area (Å²) in [6.45, 7) is 0. The topological polar surface area (TPSA) is 87.3 Å². The Balaban J connectivity index is 1.18. The van der Waals surface area contributed by atoms with E-state index in [0.29, 0.717) is 16.7 Å². The third-order valence-corrected chi connectivity index (χ3v) is 9.74. The van der Waals surface area contributed by atoms with Gasteiger partial charge in [-0.1, -0.05) is 72.8 Å². The lowest BCUT2D eigenvalue weighted by Crippen LogP contribution is -2.34. The second kappa shape index (κ2) is 12.7. The molecule has 3 aliphatic carbocycles. The van der Waals surface area contributed by atoms with Gasteiger partial charge in [0.05, 0.1) is 18.1 Å². The molecular weight excluding hydrogens is 558 g/mol. The third-order valence-electron chi connectivity index (χ3n) is 9.74. The Hall–Kier alpha value is -4.71. The van der Waals surface area contributed by atoms with E-state index in [1.807, 2.05) is 36.4 Å². The van der Waals surface area contributed by atoms with Gasteiger partial charge in [-0.2, -0.15) is 0 Å². The Bertz CT molecular complexity index is 1550. The summed E-state index contributed by atoms with van der Waals surface area (Å²) in [5, 5.41) is 9.63. The van der Waals surface area contributed by atoms with Gasteiger partial charge in [0.1, 0.15) is 0 Å². The predicted molar refractivity (Wildman–Crippen MR) is 175 cm³/mol. The number of hydrogen-bond acceptors (Lipinski definition) is 3. The summed E-state index contributed by atoms with van der Waals surface area (Å²) >= 11 is 0. The summed E-state index contributed by atoms with van der Waals surface area (Å²) in [5.74, 6) is -0.857. The van der Waals surface area contributed by atoms with Crippen LogP contribution in [-0.4, -0.2) is 17.7 Å². The lowest BCUT2D eigenvalue weighted by molar-refractivity contribution is 0.0932. The van der Waals surface area contributed by atoms with Crippen LogP contribution in [0, 0.1) is 0 Å². The van der Waals surface area contributed by atoms with Crippen LogP contribution in [0.2, 0.25) is 0 Å². The summed E-state index contributed by atoms with van der Waals surface area (Å²) in [5.41, 5.74) is 8.09. The maximum atomic E-state index is 13.8. The van der Waals surface area contributed by atoms with Crippen LogP contribution in [0.5, 0.6) is 0 Å². The van der Waals surface area contributed by atoms with E-state index < -0.39 is 0 Å². The molecule has 3 N–H and O–H groups in total. The number of aryl methyl sites for hydroxylation is 3. The predicted octanol–water partition coefficient (Wildman–Crippen LogP) is 7.11. The quantitative estimate of drug-likeness (QED) is 0.221. The molecular formula is C39H39N3O3. The smallest absolute Gasteiger partial charge is 0.251 e. The number of fused-ring (bicyclic) bond motifs is 3. The van der Waals surface area contributed by atoms with Gasteiger partial charge in [0.15, 0.2) is 0 Å². The fourth-order valence-electron chi connectivity index (χ4n) is 7.46. The second-order valence-electron chi connectivity index (χ2n) is 12.7. The van der Waals surface area contributed by atoms with Crippen LogP contribution in [0.15, 0.2) is 91.0 Å². The summed E-state index contributed by atoms with van der Waals surface area (Å²) in [6, 6.07) is 29.2. The van der Waals surface area contributed by atoms with Gasteiger partial charge < -0.3 is 16.0 Å². The minimum atomic E-state index is -0.286. The normalized spacial score (nSPS) is 20.1. The molecule has 6 heteroatoms. The Labute approximate surface area is 264 Å². The molecule has 6 nitrogen and oxygen atoms in total. The molecule has 0 radical (unpaired) electrons. The molecule has 0 aliphatic heterocycles. The first-order valence-corrected chi connectivity index (χ1v) is 16.3. The summed E-state index contributed by atoms with van der Waals surface area (Å²) in [4.78, 5) is 41.4. The van der Waals surface area contributed by atoms with E-state index in [4.69, 9.17) is 0 Å². The Morgan fingerprint density at radius 1 is 0.444 bits per heavy atom. The number of hydrogen-bond donors (Lipinski definition) is 3. The maximum absolute atomic E-state index is 13.8. The van der Waals surface area contributed by atoms with Crippen molar-refractivity contribution in [2.45, 2.75) is 75.9 Å². The zero-order chi connectivity index (χ0) is 30.8. The largest absolute Gasteiger partial charge is 0.345 e. The highest BCUT2D eigenvalue weighted by atomic mass is 16.2. The molecule has 3 atom stereocenters. The first-order valence-electron chi connectivity index (χ1n) is 16.3. The molecule has 45 heavy (non-hydrogen) atoms. The van der Waals surface area contributed by atoms with E-state index in [2.05, 4.69) is 52.3 Å². The van der Waals surface area contributed by atoms with Gasteiger partial charge in [-0.05, 0) is 109 Å². The maximum Gasteiger partial charge on any atom is 0.251 e. The highest BCUT2D eigenvalue weighted by molar-refractivity contribution is 6.04. The standard InChI is InChI=1S/C39H39N3O3/c43-37(40-34-19-7-13-25-10-1-4-16-31(25)34)28-22-29(38(44)41-35-20-8-14-26-11-2-5-17-32(26)35)24-30(23-28)39(45)42-36-21-9-15-27-12-3-6-18-33(27)36/h1-6,10-12,16-18,22-24,34-36H,7-9,13-15,19-21H2,(H,40,43)(H,41,44)(H,42,45)/t34-,35-,36+/m1/s1. The van der Waals surface area contributed by atoms with Crippen LogP contribution in [0.3, 0.4) is 0 Å². The molecule has 3 amide bonds. The van der Waals surface area contributed by atoms with Crippen molar-refractivity contribution >= 4 is 17.7 Å². The molecule has 228 valence electrons. The van der Waals surface area contributed by atoms with Crippen molar-refractivity contribution in [2.24, 2.45) is 0 Å². The Morgan fingerprint density at radius 2 is 0.733 bits per heavy atom. The lowest BCUT2D eigenvalue weighted by Gasteiger charge is -2.27. The lowest BCUT2D eigenvalue weighted by atomic mass is 9.87. The van der Waals surface area contributed by atoms with Crippen LogP contribution in [0.1, 0.15) is 121 Å². The molecule has 4 aromatic carbocycles. The van der Waals surface area contributed by atoms with Crippen molar-refractivity contribution in [3.8, 4) is 0 Å². The van der Waals surface area contributed by atoms with Crippen LogP contribution in [-0.2, 0) is 19.3 Å². The fourth-order valence-corrected chi connectivity index (χ4v) is 7.46. The molecule has 0 saturated carbocycles. The van der Waals surface area contributed by atoms with Crippen LogP contribution in [0.25, 0.3) is 0 Å². The Morgan fingerprint density at radius 3 is 1.04 bits per heavy atom. The van der Waals surface area contributed by atoms with Crippen LogP contribution >= 0.6 is 0 Å². The molecule has 0 heterocycles. The molecule has 0 fully saturated rings. The highest BCUT2D eigenvalue weighted by Crippen LogP contribution is 2.32. The van der Waals surface area contributed by atoms with E-state index in [1.165, 1.54) is 16.7 Å². The summed E-state index contributed by atoms with van der Waals surface area (Å²) < 4.78 is 0. The number of benzene rings is 4. The fraction of sp³-hybridized carbons (Fsp3) is 0.308. The van der Waals surface area contributed by atoms with Crippen molar-refractivity contribution in [2.75, 3.05) is 0 Å². The molecule has 0 saturated heterocycles. The molecule has 0 unspecified atom stereocenters. The number of nitrogens with one attached hydrogen (secondary N) is 3. The monoisotopic (exact) mass is 597 g/mol. The van der Waals surface area contributed by atoms with Gasteiger partial charge in [-0.3, -0.25) is 14.4 Å². The van der Waals surface area contributed by atoms with Crippen molar-refractivity contribution in [1.82, 2.24) is 16.0 Å². The van der Waals surface area contributed by atoms with Gasteiger partial charge in [-0.25, -0.2) is 0 Å². The van der Waals surface area contributed by atoms with Gasteiger partial charge in [0, 0.05) is 16.7 Å². The van der Waals surface area contributed by atoms with E-state index in [9.17, 15) is 14.4 Å². The average Bonchev–Trinajstić information content (AvgIpc) is 3.08. The van der Waals surface area contributed by atoms with Crippen LogP contribution < -0.4 is 16.0 Å². The number of carbonyl (C=O) groups is 3. The molecule has 7 rings (SSSR count). The van der Waals surface area contributed by atoms with E-state index in [-0.39, 0.29) is 35.8 Å². The zero-order valence-corrected chi connectivity index (χ0v) is 25.5.